The van der Waals surface area contributed by atoms with Crippen molar-refractivity contribution in [2.75, 3.05) is 12.4 Å². The van der Waals surface area contributed by atoms with E-state index >= 15 is 0 Å². The van der Waals surface area contributed by atoms with Gasteiger partial charge in [0.15, 0.2) is 5.13 Å². The first-order valence-electron chi connectivity index (χ1n) is 10.5. The van der Waals surface area contributed by atoms with E-state index in [4.69, 9.17) is 4.98 Å². The molecule has 1 aliphatic heterocycles. The van der Waals surface area contributed by atoms with Gasteiger partial charge in [0.1, 0.15) is 17.3 Å². The van der Waals surface area contributed by atoms with Crippen LogP contribution in [0.3, 0.4) is 0 Å². The Morgan fingerprint density at radius 3 is 2.69 bits per heavy atom. The molecule has 176 valence electrons. The summed E-state index contributed by atoms with van der Waals surface area (Å²) < 4.78 is 30.3. The van der Waals surface area contributed by atoms with Gasteiger partial charge in [0.05, 0.1) is 23.5 Å². The average Bonchev–Trinajstić information content (AvgIpc) is 3.27. The Hall–Kier alpha value is -3.32. The molecule has 0 spiro atoms. The van der Waals surface area contributed by atoms with Crippen molar-refractivity contribution < 1.29 is 13.6 Å². The quantitative estimate of drug-likeness (QED) is 0.240. The summed E-state index contributed by atoms with van der Waals surface area (Å²) >= 11 is 3.49. The van der Waals surface area contributed by atoms with E-state index < -0.39 is 11.6 Å². The molecule has 0 atom stereocenters. The average molecular weight is 602 g/mol. The van der Waals surface area contributed by atoms with Gasteiger partial charge in [-0.05, 0) is 23.8 Å². The van der Waals surface area contributed by atoms with Gasteiger partial charge in [0, 0.05) is 39.7 Å². The number of alkyl halides is 1. The van der Waals surface area contributed by atoms with Gasteiger partial charge in [-0.3, -0.25) is 9.79 Å². The second-order valence-electron chi connectivity index (χ2n) is 7.58. The lowest BCUT2D eigenvalue weighted by Gasteiger charge is -2.14. The number of halogens is 3. The van der Waals surface area contributed by atoms with Gasteiger partial charge in [-0.25, -0.2) is 23.7 Å². The molecule has 0 aliphatic carbocycles. The van der Waals surface area contributed by atoms with Crippen LogP contribution in [0.25, 0.3) is 11.3 Å². The van der Waals surface area contributed by atoms with E-state index in [0.717, 1.165) is 15.6 Å². The Labute approximate surface area is 216 Å². The number of hydrogen-bond donors (Lipinski definition) is 2. The van der Waals surface area contributed by atoms with Crippen molar-refractivity contribution in [1.82, 2.24) is 20.3 Å². The van der Waals surface area contributed by atoms with Crippen LogP contribution in [0.2, 0.25) is 0 Å². The number of thiazole rings is 1. The first-order chi connectivity index (χ1) is 17.0. The number of hydrogen-bond acceptors (Lipinski definition) is 7. The Bertz CT molecular complexity index is 1470. The summed E-state index contributed by atoms with van der Waals surface area (Å²) in [5.74, 6) is -1.36. The molecule has 35 heavy (non-hydrogen) atoms. The van der Waals surface area contributed by atoms with Gasteiger partial charge >= 0.3 is 0 Å². The fourth-order valence-corrected chi connectivity index (χ4v) is 4.90. The van der Waals surface area contributed by atoms with Gasteiger partial charge in [-0.2, -0.15) is 0 Å². The molecule has 1 aliphatic rings. The number of fused-ring (bicyclic) bond motifs is 3. The topological polar surface area (TPSA) is 92.2 Å². The third kappa shape index (κ3) is 4.52. The van der Waals surface area contributed by atoms with Crippen LogP contribution in [0.15, 0.2) is 53.0 Å². The molecule has 5 rings (SSSR count). The summed E-state index contributed by atoms with van der Waals surface area (Å²) in [5.41, 5.74) is 3.98. The fourth-order valence-electron chi connectivity index (χ4n) is 3.74. The number of nitrogens with one attached hydrogen (secondary N) is 2. The van der Waals surface area contributed by atoms with Crippen LogP contribution in [-0.4, -0.2) is 33.6 Å². The highest BCUT2D eigenvalue weighted by Crippen LogP contribution is 2.34. The third-order valence-corrected chi connectivity index (χ3v) is 7.04. The Kier molecular flexibility index (Phi) is 6.52. The first kappa shape index (κ1) is 23.4. The molecule has 2 aromatic carbocycles. The molecule has 0 fully saturated rings. The van der Waals surface area contributed by atoms with E-state index in [9.17, 15) is 13.6 Å². The second kappa shape index (κ2) is 9.74. The molecule has 0 radical (unpaired) electrons. The SMILES string of the molecule is CNC(=O)c1csc(Nc2ncc3c(n2)-c2ccc(CI)cc2C(c2c(F)cccc2F)=NC3)n1. The molecule has 0 bridgehead atoms. The van der Waals surface area contributed by atoms with Crippen LogP contribution in [0.1, 0.15) is 32.7 Å². The van der Waals surface area contributed by atoms with E-state index in [1.54, 1.807) is 11.6 Å². The molecule has 1 amide bonds. The number of carbonyl (C=O) groups excluding carboxylic acids is 1. The maximum Gasteiger partial charge on any atom is 0.270 e. The maximum atomic E-state index is 14.8. The zero-order chi connectivity index (χ0) is 24.5. The summed E-state index contributed by atoms with van der Waals surface area (Å²) in [5, 5.41) is 7.66. The molecule has 7 nitrogen and oxygen atoms in total. The number of rotatable bonds is 5. The number of anilines is 2. The number of carbonyl (C=O) groups is 1. The summed E-state index contributed by atoms with van der Waals surface area (Å²) in [6.07, 6.45) is 1.64. The van der Waals surface area contributed by atoms with E-state index in [1.807, 2.05) is 18.2 Å². The first-order valence-corrected chi connectivity index (χ1v) is 12.9. The summed E-state index contributed by atoms with van der Waals surface area (Å²) in [6, 6.07) is 9.54. The highest BCUT2D eigenvalue weighted by atomic mass is 127. The van der Waals surface area contributed by atoms with Crippen LogP contribution >= 0.6 is 33.9 Å². The van der Waals surface area contributed by atoms with Gasteiger partial charge < -0.3 is 10.6 Å². The van der Waals surface area contributed by atoms with Crippen molar-refractivity contribution in [3.8, 4) is 11.3 Å². The lowest BCUT2D eigenvalue weighted by Crippen LogP contribution is -2.18. The maximum absolute atomic E-state index is 14.8. The molecule has 4 aromatic rings. The minimum absolute atomic E-state index is 0.158. The largest absolute Gasteiger partial charge is 0.354 e. The molecule has 2 N–H and O–H groups in total. The van der Waals surface area contributed by atoms with Crippen molar-refractivity contribution in [3.63, 3.8) is 0 Å². The van der Waals surface area contributed by atoms with Gasteiger partial charge in [0.25, 0.3) is 5.91 Å². The van der Waals surface area contributed by atoms with Crippen molar-refractivity contribution in [2.45, 2.75) is 11.0 Å². The molecule has 0 unspecified atom stereocenters. The predicted octanol–water partition coefficient (Wildman–Crippen LogP) is 5.27. The minimum atomic E-state index is -0.676. The highest BCUT2D eigenvalue weighted by Gasteiger charge is 2.25. The Morgan fingerprint density at radius 2 is 1.94 bits per heavy atom. The van der Waals surface area contributed by atoms with Gasteiger partial charge in [-0.1, -0.05) is 40.8 Å². The van der Waals surface area contributed by atoms with Gasteiger partial charge in [0.2, 0.25) is 5.95 Å². The number of nitrogens with zero attached hydrogens (tertiary/aromatic N) is 4. The Morgan fingerprint density at radius 1 is 1.14 bits per heavy atom. The lowest BCUT2D eigenvalue weighted by atomic mass is 9.93. The standard InChI is InChI=1S/C24H17F2IN6OS/c1-28-22(34)18-11-35-24(31-18)33-23-30-10-13-9-29-21(19-16(25)3-2-4-17(19)26)15-7-12(8-27)5-6-14(15)20(13)32-23/h2-7,10-11H,8-9H2,1H3,(H,28,34)(H,30,31,32,33). The number of benzene rings is 2. The number of amides is 1. The van der Waals surface area contributed by atoms with Crippen molar-refractivity contribution >= 4 is 56.6 Å². The van der Waals surface area contributed by atoms with E-state index in [1.165, 1.54) is 36.6 Å². The van der Waals surface area contributed by atoms with Gasteiger partial charge in [-0.15, -0.1) is 11.3 Å². The van der Waals surface area contributed by atoms with Crippen molar-refractivity contribution in [1.29, 1.82) is 0 Å². The zero-order valence-electron chi connectivity index (χ0n) is 18.3. The molecule has 2 aromatic heterocycles. The Balaban J connectivity index is 1.60. The number of aliphatic imine (C=N–C) groups is 1. The van der Waals surface area contributed by atoms with E-state index in [-0.39, 0.29) is 35.4 Å². The second-order valence-corrected chi connectivity index (χ2v) is 9.21. The minimum Gasteiger partial charge on any atom is -0.354 e. The predicted molar refractivity (Wildman–Crippen MR) is 140 cm³/mol. The van der Waals surface area contributed by atoms with Crippen LogP contribution in [0.5, 0.6) is 0 Å². The smallest absolute Gasteiger partial charge is 0.270 e. The van der Waals surface area contributed by atoms with E-state index in [0.29, 0.717) is 22.0 Å². The van der Waals surface area contributed by atoms with Crippen molar-refractivity contribution in [3.05, 3.63) is 87.6 Å². The lowest BCUT2D eigenvalue weighted by molar-refractivity contribution is 0.0959. The third-order valence-electron chi connectivity index (χ3n) is 5.40. The van der Waals surface area contributed by atoms with Crippen LogP contribution in [0, 0.1) is 11.6 Å². The van der Waals surface area contributed by atoms with Crippen molar-refractivity contribution in [2.24, 2.45) is 4.99 Å². The summed E-state index contributed by atoms with van der Waals surface area (Å²) in [7, 11) is 1.54. The normalized spacial score (nSPS) is 12.3. The van der Waals surface area contributed by atoms with Crippen LogP contribution in [0.4, 0.5) is 19.9 Å². The molecule has 0 saturated heterocycles. The fraction of sp³-hybridized carbons (Fsp3) is 0.125. The zero-order valence-corrected chi connectivity index (χ0v) is 21.2. The van der Waals surface area contributed by atoms with Crippen LogP contribution in [-0.2, 0) is 11.0 Å². The molecule has 11 heteroatoms. The highest BCUT2D eigenvalue weighted by molar-refractivity contribution is 14.1. The monoisotopic (exact) mass is 602 g/mol. The molecule has 3 heterocycles. The van der Waals surface area contributed by atoms with E-state index in [2.05, 4.69) is 48.2 Å². The molecular formula is C24H17F2IN6OS. The van der Waals surface area contributed by atoms with Crippen LogP contribution < -0.4 is 10.6 Å². The summed E-state index contributed by atoms with van der Waals surface area (Å²) in [4.78, 5) is 29.7. The molecule has 0 saturated carbocycles. The number of aromatic nitrogens is 3. The molecular weight excluding hydrogens is 585 g/mol. The summed E-state index contributed by atoms with van der Waals surface area (Å²) in [6.45, 7) is 0.158.